The predicted octanol–water partition coefficient (Wildman–Crippen LogP) is 5.90. The summed E-state index contributed by atoms with van der Waals surface area (Å²) >= 11 is 1.40. The molecule has 1 aromatic carbocycles. The number of rotatable bonds is 7. The summed E-state index contributed by atoms with van der Waals surface area (Å²) in [6, 6.07) is 8.70. The Hall–Kier alpha value is -2.87. The maximum absolute atomic E-state index is 14.5. The molecule has 0 unspecified atom stereocenters. The lowest BCUT2D eigenvalue weighted by Gasteiger charge is -2.22. The number of anilines is 2. The fourth-order valence-electron chi connectivity index (χ4n) is 3.55. The van der Waals surface area contributed by atoms with Crippen molar-refractivity contribution in [2.24, 2.45) is 0 Å². The van der Waals surface area contributed by atoms with E-state index in [0.29, 0.717) is 34.7 Å². The summed E-state index contributed by atoms with van der Waals surface area (Å²) in [5.74, 6) is 0.771. The fraction of sp³-hybridized carbons (Fsp3) is 0.318. The van der Waals surface area contributed by atoms with E-state index in [9.17, 15) is 4.39 Å². The smallest absolute Gasteiger partial charge is 0.223 e. The largest absolute Gasteiger partial charge is 0.453 e. The molecule has 0 radical (unpaired) electrons. The first-order valence-corrected chi connectivity index (χ1v) is 11.3. The van der Waals surface area contributed by atoms with Crippen LogP contribution in [0.25, 0.3) is 11.3 Å². The van der Waals surface area contributed by atoms with Gasteiger partial charge in [-0.05, 0) is 37.1 Å². The van der Waals surface area contributed by atoms with Crippen molar-refractivity contribution in [2.45, 2.75) is 38.1 Å². The fourth-order valence-corrected chi connectivity index (χ4v) is 3.92. The van der Waals surface area contributed by atoms with Crippen molar-refractivity contribution in [3.8, 4) is 22.8 Å². The Balaban J connectivity index is 1.57. The summed E-state index contributed by atoms with van der Waals surface area (Å²) in [6.45, 7) is 0. The van der Waals surface area contributed by atoms with E-state index in [1.807, 2.05) is 6.26 Å². The van der Waals surface area contributed by atoms with Gasteiger partial charge in [0.15, 0.2) is 11.6 Å². The van der Waals surface area contributed by atoms with Gasteiger partial charge in [0.25, 0.3) is 0 Å². The van der Waals surface area contributed by atoms with E-state index in [-0.39, 0.29) is 5.75 Å². The molecule has 0 atom stereocenters. The zero-order chi connectivity index (χ0) is 20.8. The van der Waals surface area contributed by atoms with Gasteiger partial charge < -0.3 is 14.8 Å². The van der Waals surface area contributed by atoms with Crippen molar-refractivity contribution < 1.29 is 9.13 Å². The third-order valence-electron chi connectivity index (χ3n) is 5.02. The first-order valence-electron chi connectivity index (χ1n) is 10.0. The van der Waals surface area contributed by atoms with Crippen LogP contribution in [-0.2, 0) is 0 Å². The van der Waals surface area contributed by atoms with Gasteiger partial charge in [-0.2, -0.15) is 0 Å². The van der Waals surface area contributed by atoms with E-state index in [0.717, 1.165) is 12.8 Å². The lowest BCUT2D eigenvalue weighted by molar-refractivity contribution is 0.443. The van der Waals surface area contributed by atoms with Crippen molar-refractivity contribution in [1.82, 2.24) is 15.0 Å². The number of hydrogen-bond acceptors (Lipinski definition) is 7. The molecular weight excluding hydrogens is 401 g/mol. The van der Waals surface area contributed by atoms with Crippen LogP contribution in [0.15, 0.2) is 48.9 Å². The van der Waals surface area contributed by atoms with Gasteiger partial charge in [-0.15, -0.1) is 0 Å². The van der Waals surface area contributed by atoms with Crippen LogP contribution >= 0.6 is 11.9 Å². The number of ether oxygens (including phenoxy) is 1. The zero-order valence-electron chi connectivity index (χ0n) is 16.8. The summed E-state index contributed by atoms with van der Waals surface area (Å²) in [4.78, 5) is 13.2. The average Bonchev–Trinajstić information content (AvgIpc) is 2.77. The van der Waals surface area contributed by atoms with Gasteiger partial charge in [-0.3, -0.25) is 4.98 Å². The van der Waals surface area contributed by atoms with Crippen molar-refractivity contribution in [3.63, 3.8) is 0 Å². The SMILES string of the molecule is CSNc1ccc(Oc2ccncc2-c2ccnc(NC3CCCCC3)n2)c(F)c1. The van der Waals surface area contributed by atoms with Crippen molar-refractivity contribution in [1.29, 1.82) is 0 Å². The van der Waals surface area contributed by atoms with Gasteiger partial charge in [0.2, 0.25) is 5.95 Å². The number of aromatic nitrogens is 3. The second-order valence-electron chi connectivity index (χ2n) is 7.17. The van der Waals surface area contributed by atoms with E-state index >= 15 is 0 Å². The molecule has 0 bridgehead atoms. The van der Waals surface area contributed by atoms with Crippen molar-refractivity contribution >= 4 is 23.6 Å². The number of halogens is 1. The second-order valence-corrected chi connectivity index (χ2v) is 7.78. The Morgan fingerprint density at radius 2 is 1.93 bits per heavy atom. The van der Waals surface area contributed by atoms with Gasteiger partial charge in [-0.25, -0.2) is 14.4 Å². The van der Waals surface area contributed by atoms with Gasteiger partial charge >= 0.3 is 0 Å². The molecule has 1 saturated carbocycles. The molecule has 30 heavy (non-hydrogen) atoms. The molecule has 0 aliphatic heterocycles. The number of pyridine rings is 1. The molecule has 3 aromatic rings. The Bertz CT molecular complexity index is 997. The molecule has 2 N–H and O–H groups in total. The number of benzene rings is 1. The Labute approximate surface area is 179 Å². The molecule has 2 heterocycles. The number of nitrogens with zero attached hydrogens (tertiary/aromatic N) is 3. The van der Waals surface area contributed by atoms with E-state index in [1.165, 1.54) is 37.3 Å². The van der Waals surface area contributed by atoms with Crippen LogP contribution < -0.4 is 14.8 Å². The molecule has 1 aliphatic carbocycles. The Kier molecular flexibility index (Phi) is 6.63. The molecule has 1 aliphatic rings. The van der Waals surface area contributed by atoms with E-state index in [1.54, 1.807) is 42.9 Å². The molecule has 6 nitrogen and oxygen atoms in total. The highest BCUT2D eigenvalue weighted by molar-refractivity contribution is 7.99. The third-order valence-corrected chi connectivity index (χ3v) is 5.46. The molecule has 2 aromatic heterocycles. The molecule has 1 fully saturated rings. The van der Waals surface area contributed by atoms with E-state index in [4.69, 9.17) is 4.74 Å². The summed E-state index contributed by atoms with van der Waals surface area (Å²) in [5.41, 5.74) is 2.03. The summed E-state index contributed by atoms with van der Waals surface area (Å²) in [6.07, 6.45) is 12.9. The van der Waals surface area contributed by atoms with Gasteiger partial charge in [0, 0.05) is 42.6 Å². The summed E-state index contributed by atoms with van der Waals surface area (Å²) in [5, 5.41) is 3.44. The summed E-state index contributed by atoms with van der Waals surface area (Å²) < 4.78 is 23.4. The normalized spacial score (nSPS) is 14.3. The molecule has 0 amide bonds. The quantitative estimate of drug-likeness (QED) is 0.456. The lowest BCUT2D eigenvalue weighted by Crippen LogP contribution is -2.23. The second kappa shape index (κ2) is 9.75. The highest BCUT2D eigenvalue weighted by atomic mass is 32.2. The monoisotopic (exact) mass is 425 g/mol. The topological polar surface area (TPSA) is 72.0 Å². The molecule has 8 heteroatoms. The first kappa shape index (κ1) is 20.4. The minimum atomic E-state index is -0.445. The highest BCUT2D eigenvalue weighted by Crippen LogP contribution is 2.34. The van der Waals surface area contributed by atoms with Crippen molar-refractivity contribution in [3.05, 3.63) is 54.7 Å². The van der Waals surface area contributed by atoms with E-state index < -0.39 is 5.82 Å². The van der Waals surface area contributed by atoms with Gasteiger partial charge in [0.1, 0.15) is 5.75 Å². The van der Waals surface area contributed by atoms with Crippen LogP contribution in [0.1, 0.15) is 32.1 Å². The van der Waals surface area contributed by atoms with Crippen LogP contribution in [0.4, 0.5) is 16.0 Å². The first-order chi connectivity index (χ1) is 14.7. The third kappa shape index (κ3) is 4.99. The maximum atomic E-state index is 14.5. The summed E-state index contributed by atoms with van der Waals surface area (Å²) in [7, 11) is 0. The predicted molar refractivity (Wildman–Crippen MR) is 119 cm³/mol. The van der Waals surface area contributed by atoms with Crippen LogP contribution in [-0.4, -0.2) is 27.2 Å². The number of nitrogens with one attached hydrogen (secondary N) is 2. The zero-order valence-corrected chi connectivity index (χ0v) is 17.6. The van der Waals surface area contributed by atoms with Crippen LogP contribution in [0.3, 0.4) is 0 Å². The Morgan fingerprint density at radius 3 is 2.73 bits per heavy atom. The molecule has 0 spiro atoms. The maximum Gasteiger partial charge on any atom is 0.223 e. The average molecular weight is 426 g/mol. The minimum absolute atomic E-state index is 0.142. The lowest BCUT2D eigenvalue weighted by atomic mass is 9.96. The van der Waals surface area contributed by atoms with Gasteiger partial charge in [-0.1, -0.05) is 31.2 Å². The van der Waals surface area contributed by atoms with Crippen LogP contribution in [0.5, 0.6) is 11.5 Å². The molecular formula is C22H24FN5OS. The van der Waals surface area contributed by atoms with Crippen LogP contribution in [0, 0.1) is 5.82 Å². The molecule has 0 saturated heterocycles. The molecule has 156 valence electrons. The highest BCUT2D eigenvalue weighted by Gasteiger charge is 2.16. The van der Waals surface area contributed by atoms with Crippen molar-refractivity contribution in [2.75, 3.05) is 16.3 Å². The van der Waals surface area contributed by atoms with Gasteiger partial charge in [0.05, 0.1) is 11.3 Å². The molecule has 4 rings (SSSR count). The van der Waals surface area contributed by atoms with E-state index in [2.05, 4.69) is 25.0 Å². The van der Waals surface area contributed by atoms with Crippen LogP contribution in [0.2, 0.25) is 0 Å². The standard InChI is InChI=1S/C22H24FN5OS/c1-30-28-16-7-8-21(18(23)13-16)29-20-10-11-24-14-17(20)19-9-12-25-22(27-19)26-15-5-3-2-4-6-15/h7-15,28H,2-6H2,1H3,(H,25,26,27). The Morgan fingerprint density at radius 1 is 1.07 bits per heavy atom. The minimum Gasteiger partial charge on any atom is -0.453 e. The number of hydrogen-bond donors (Lipinski definition) is 2.